The van der Waals surface area contributed by atoms with Crippen LogP contribution in [0.25, 0.3) is 22.9 Å². The summed E-state index contributed by atoms with van der Waals surface area (Å²) in [6.07, 6.45) is 28.0. The van der Waals surface area contributed by atoms with Crippen LogP contribution in [-0.2, 0) is 32.7 Å². The van der Waals surface area contributed by atoms with Crippen molar-refractivity contribution >= 4 is 96.0 Å². The molecule has 486 valence electrons. The average Bonchev–Trinajstić information content (AvgIpc) is 0.794. The molecule has 0 aliphatic heterocycles. The van der Waals surface area contributed by atoms with Gasteiger partial charge in [0.05, 0.1) is 57.9 Å². The van der Waals surface area contributed by atoms with Crippen LogP contribution in [0.5, 0.6) is 0 Å². The minimum Gasteiger partial charge on any atom is -0.748 e. The van der Waals surface area contributed by atoms with Gasteiger partial charge in [-0.1, -0.05) is 127 Å². The molecule has 2 amide bonds. The first-order valence-corrected chi connectivity index (χ1v) is 32.0. The summed E-state index contributed by atoms with van der Waals surface area (Å²) in [5.74, 6) is -0.914. The van der Waals surface area contributed by atoms with Crippen molar-refractivity contribution in [3.63, 3.8) is 0 Å². The van der Waals surface area contributed by atoms with E-state index in [1.54, 1.807) is 0 Å². The van der Waals surface area contributed by atoms with E-state index in [9.17, 15) is 83.2 Å². The number of rotatable bonds is 44. The maximum atomic E-state index is 12.8. The highest BCUT2D eigenvalue weighted by Gasteiger charge is 2.40. The maximum absolute atomic E-state index is 12.8. The number of hydrogen-bond donors (Lipinski definition) is 3. The molecule has 1 heterocycles. The number of nitro benzene ring substituents is 6. The lowest BCUT2D eigenvalue weighted by Crippen LogP contribution is -2.32. The number of nitrogens with zero attached hydrogens (tertiary/aromatic N) is 8. The number of amides is 2. The quantitative estimate of drug-likeness (QED) is 0.0107. The molecule has 0 saturated heterocycles. The van der Waals surface area contributed by atoms with Crippen molar-refractivity contribution in [3.8, 4) is 0 Å². The lowest BCUT2D eigenvalue weighted by Gasteiger charge is -2.20. The number of non-ortho nitro benzene ring substituents is 1. The molecule has 0 spiro atoms. The first-order chi connectivity index (χ1) is 43.0. The summed E-state index contributed by atoms with van der Waals surface area (Å²) in [4.78, 5) is 91.6. The molecule has 4 aromatic carbocycles. The molecule has 0 atom stereocenters. The van der Waals surface area contributed by atoms with Gasteiger partial charge in [-0.05, 0) is 78.6 Å². The van der Waals surface area contributed by atoms with Crippen molar-refractivity contribution in [1.29, 1.82) is 0 Å². The third-order valence-electron chi connectivity index (χ3n) is 15.4. The number of unbranched alkanes of at least 4 members (excludes halogenated alkanes) is 18. The molecule has 0 radical (unpaired) electrons. The van der Waals surface area contributed by atoms with E-state index in [1.165, 1.54) is 61.4 Å². The van der Waals surface area contributed by atoms with E-state index in [2.05, 4.69) is 71.1 Å². The average molecular weight is 1270 g/mol. The molecular weight excluding hydrogens is 1190 g/mol. The first-order valence-electron chi connectivity index (χ1n) is 30.4. The molecule has 0 aliphatic rings. The van der Waals surface area contributed by atoms with Crippen molar-refractivity contribution in [2.75, 3.05) is 42.7 Å². The second kappa shape index (κ2) is 37.0. The van der Waals surface area contributed by atoms with Crippen molar-refractivity contribution in [1.82, 2.24) is 10.6 Å². The highest BCUT2D eigenvalue weighted by atomic mass is 32.2. The van der Waals surface area contributed by atoms with E-state index in [0.29, 0.717) is 44.8 Å². The third-order valence-corrected chi connectivity index (χ3v) is 16.1. The Kier molecular flexibility index (Phi) is 29.5. The van der Waals surface area contributed by atoms with Gasteiger partial charge in [0.1, 0.15) is 12.1 Å². The normalized spacial score (nSPS) is 11.4. The molecule has 3 N–H and O–H groups in total. The van der Waals surface area contributed by atoms with Crippen LogP contribution in [0.4, 0.5) is 51.2 Å². The van der Waals surface area contributed by atoms with Crippen LogP contribution in [0.15, 0.2) is 79.1 Å². The Labute approximate surface area is 521 Å². The van der Waals surface area contributed by atoms with Crippen LogP contribution < -0.4 is 25.4 Å². The van der Waals surface area contributed by atoms with Crippen LogP contribution in [0.2, 0.25) is 0 Å². The molecule has 5 rings (SSSR count). The molecule has 0 aliphatic carbocycles. The molecule has 90 heavy (non-hydrogen) atoms. The Morgan fingerprint density at radius 1 is 0.500 bits per heavy atom. The number of nitrogens with one attached hydrogen (secondary N) is 3. The Morgan fingerprint density at radius 2 is 0.978 bits per heavy atom. The van der Waals surface area contributed by atoms with Crippen molar-refractivity contribution in [2.45, 2.75) is 161 Å². The Bertz CT molecular complexity index is 3420. The summed E-state index contributed by atoms with van der Waals surface area (Å²) in [6, 6.07) is 18.0. The largest absolute Gasteiger partial charge is 0.748 e. The number of fused-ring (bicyclic) bond motifs is 1. The van der Waals surface area contributed by atoms with Crippen molar-refractivity contribution in [2.24, 2.45) is 0 Å². The molecular formula is C61H79N11O17S. The smallest absolute Gasteiger partial charge is 0.309 e. The zero-order valence-corrected chi connectivity index (χ0v) is 51.4. The highest BCUT2D eigenvalue weighted by molar-refractivity contribution is 7.85. The van der Waals surface area contributed by atoms with Gasteiger partial charge in [-0.15, -0.1) is 0 Å². The summed E-state index contributed by atoms with van der Waals surface area (Å²) in [6.45, 7) is 2.57. The van der Waals surface area contributed by atoms with Crippen LogP contribution >= 0.6 is 0 Å². The summed E-state index contributed by atoms with van der Waals surface area (Å²) in [5.41, 5.74) is -7.59. The Morgan fingerprint density at radius 3 is 1.50 bits per heavy atom. The summed E-state index contributed by atoms with van der Waals surface area (Å²) < 4.78 is 34.4. The molecule has 1 aromatic heterocycles. The minimum atomic E-state index is -4.17. The molecule has 0 unspecified atom stereocenters. The molecule has 28 nitrogen and oxygen atoms in total. The Hall–Kier alpha value is -9.12. The lowest BCUT2D eigenvalue weighted by atomic mass is 10.0. The minimum absolute atomic E-state index is 0.0837. The fourth-order valence-corrected chi connectivity index (χ4v) is 11.0. The van der Waals surface area contributed by atoms with Gasteiger partial charge >= 0.3 is 22.7 Å². The lowest BCUT2D eigenvalue weighted by molar-refractivity contribution is -0.697. The summed E-state index contributed by atoms with van der Waals surface area (Å²) in [7, 11) is -2.02. The fourth-order valence-electron chi connectivity index (χ4n) is 10.4. The van der Waals surface area contributed by atoms with Gasteiger partial charge in [0.25, 0.3) is 11.4 Å². The molecule has 29 heteroatoms. The zero-order chi connectivity index (χ0) is 65.6. The number of carbonyl (C=O) groups excluding carboxylic acids is 2. The molecule has 5 aromatic rings. The van der Waals surface area contributed by atoms with Gasteiger partial charge in [-0.25, -0.2) is 13.0 Å². The second-order valence-corrected chi connectivity index (χ2v) is 23.7. The third kappa shape index (κ3) is 24.5. The standard InChI is InChI=1S/C61H79N11O17S/c1-65(50-29-28-48-41-47(26-27-49(48)42-50)25-24-46-32-38-66(39-33-46)37-21-22-40-90(87,88)89)36-20-16-12-8-3-2-6-10-14-18-34-62-57(73)23-17-13-9-5-4-7-11-15-19-35-63-58(74)31-30-52-53(68(77)78)45-56(71(83)84)60(61(52)72(85)86)64-59-54(69(79)80)43-51(67(75)76)44-55(59)70(81)82/h24-29,32-33,38-39,41-45,64H,2-23,30-31,34-37,40H2,1H3,(H2-,62,63,73,74,87,88,89). The van der Waals surface area contributed by atoms with Gasteiger partial charge in [0.2, 0.25) is 11.8 Å². The number of carbonyl (C=O) groups is 2. The SMILES string of the molecule is CN(CCCCCCCCCCCCNC(=O)CCCCCCCCCCCNC(=O)CCc1c([N+](=O)[O-])cc([N+](=O)[O-])c(Nc2c([N+](=O)[O-])cc([N+](=O)[O-])cc2[N+](=O)[O-])c1[N+](=O)[O-])c1ccc2cc(/C=C/c3cc[n+](CCCCS(=O)(=O)[O-])cc3)ccc2c1. The first kappa shape index (κ1) is 71.6. The summed E-state index contributed by atoms with van der Waals surface area (Å²) in [5, 5.41) is 81.6. The highest BCUT2D eigenvalue weighted by Crippen LogP contribution is 2.48. The number of aromatic nitrogens is 1. The van der Waals surface area contributed by atoms with Gasteiger partial charge in [-0.3, -0.25) is 70.3 Å². The number of hydrogen-bond acceptors (Lipinski definition) is 19. The van der Waals surface area contributed by atoms with Crippen molar-refractivity contribution < 1.29 is 56.7 Å². The van der Waals surface area contributed by atoms with E-state index in [4.69, 9.17) is 0 Å². The van der Waals surface area contributed by atoms with Gasteiger partial charge in [0.15, 0.2) is 23.8 Å². The molecule has 0 saturated carbocycles. The topological polar surface area (TPSA) is 393 Å². The van der Waals surface area contributed by atoms with Gasteiger partial charge in [-0.2, -0.15) is 0 Å². The number of benzene rings is 4. The van der Waals surface area contributed by atoms with Crippen LogP contribution in [0.1, 0.15) is 164 Å². The fraction of sp³-hybridized carbons (Fsp3) is 0.492. The predicted octanol–water partition coefficient (Wildman–Crippen LogP) is 12.9. The second-order valence-electron chi connectivity index (χ2n) is 22.2. The maximum Gasteiger partial charge on any atom is 0.309 e. The number of pyridine rings is 1. The zero-order valence-electron chi connectivity index (χ0n) is 50.6. The van der Waals surface area contributed by atoms with Crippen LogP contribution in [0, 0.1) is 60.7 Å². The number of aryl methyl sites for hydroxylation is 1. The molecule has 0 bridgehead atoms. The van der Waals surface area contributed by atoms with E-state index >= 15 is 0 Å². The van der Waals surface area contributed by atoms with Crippen LogP contribution in [-0.4, -0.2) is 86.8 Å². The van der Waals surface area contributed by atoms with E-state index in [-0.39, 0.29) is 30.3 Å². The Balaban J connectivity index is 0.849. The predicted molar refractivity (Wildman–Crippen MR) is 339 cm³/mol. The van der Waals surface area contributed by atoms with Crippen LogP contribution in [0.3, 0.4) is 0 Å². The van der Waals surface area contributed by atoms with Crippen molar-refractivity contribution in [3.05, 3.63) is 156 Å². The van der Waals surface area contributed by atoms with Gasteiger partial charge < -0.3 is 25.4 Å². The summed E-state index contributed by atoms with van der Waals surface area (Å²) >= 11 is 0. The van der Waals surface area contributed by atoms with E-state index in [0.717, 1.165) is 88.3 Å². The number of nitro groups is 6. The monoisotopic (exact) mass is 1270 g/mol. The number of anilines is 3. The van der Waals surface area contributed by atoms with E-state index in [1.807, 2.05) is 34.4 Å². The van der Waals surface area contributed by atoms with E-state index < -0.39 is 109 Å². The van der Waals surface area contributed by atoms with Gasteiger partial charge in [0, 0.05) is 69.5 Å². The molecule has 0 fully saturated rings.